The van der Waals surface area contributed by atoms with Crippen molar-refractivity contribution in [3.63, 3.8) is 0 Å². The number of hydrogen-bond donors (Lipinski definition) is 2. The van der Waals surface area contributed by atoms with E-state index in [1.165, 1.54) is 25.7 Å². The Morgan fingerprint density at radius 2 is 2.00 bits per heavy atom. The van der Waals surface area contributed by atoms with Crippen molar-refractivity contribution in [2.75, 3.05) is 6.54 Å². The molecule has 0 spiro atoms. The first-order valence-corrected chi connectivity index (χ1v) is 7.02. The second-order valence-electron chi connectivity index (χ2n) is 6.00. The van der Waals surface area contributed by atoms with Crippen LogP contribution in [0.2, 0.25) is 0 Å². The minimum absolute atomic E-state index is 0.0657. The molecule has 0 aliphatic heterocycles. The van der Waals surface area contributed by atoms with Crippen LogP contribution in [-0.4, -0.2) is 24.5 Å². The number of carbonyl (C=O) groups is 1. The summed E-state index contributed by atoms with van der Waals surface area (Å²) < 4.78 is 0. The van der Waals surface area contributed by atoms with Gasteiger partial charge in [-0.15, -0.1) is 0 Å². The van der Waals surface area contributed by atoms with Crippen LogP contribution in [0.5, 0.6) is 0 Å². The van der Waals surface area contributed by atoms with Crippen molar-refractivity contribution in [3.8, 4) is 0 Å². The Labute approximate surface area is 106 Å². The summed E-state index contributed by atoms with van der Waals surface area (Å²) in [5.41, 5.74) is 0. The summed E-state index contributed by atoms with van der Waals surface area (Å²) in [5.74, 6) is 1.45. The molecule has 100 valence electrons. The molecule has 0 aromatic carbocycles. The van der Waals surface area contributed by atoms with Gasteiger partial charge in [0.15, 0.2) is 0 Å². The lowest BCUT2D eigenvalue weighted by molar-refractivity contribution is -0.123. The normalized spacial score (nSPS) is 26.9. The minimum Gasteiger partial charge on any atom is -0.354 e. The quantitative estimate of drug-likeness (QED) is 0.774. The third kappa shape index (κ3) is 5.53. The standard InChI is InChI=1S/C14H28N2O/c1-10(2)9-15-14(17)12(4)16-13-7-5-6-11(3)8-13/h10-13,16H,5-9H2,1-4H3,(H,15,17). The lowest BCUT2D eigenvalue weighted by Gasteiger charge is -2.29. The first-order valence-electron chi connectivity index (χ1n) is 7.02. The van der Waals surface area contributed by atoms with Crippen LogP contribution in [0.25, 0.3) is 0 Å². The van der Waals surface area contributed by atoms with E-state index in [1.54, 1.807) is 0 Å². The van der Waals surface area contributed by atoms with Gasteiger partial charge in [-0.1, -0.05) is 33.6 Å². The second kappa shape index (κ2) is 7.00. The van der Waals surface area contributed by atoms with E-state index in [0.29, 0.717) is 12.0 Å². The first-order chi connectivity index (χ1) is 7.99. The number of nitrogens with one attached hydrogen (secondary N) is 2. The van der Waals surface area contributed by atoms with E-state index in [-0.39, 0.29) is 11.9 Å². The van der Waals surface area contributed by atoms with Crippen LogP contribution in [0, 0.1) is 11.8 Å². The highest BCUT2D eigenvalue weighted by atomic mass is 16.2. The van der Waals surface area contributed by atoms with Gasteiger partial charge in [0, 0.05) is 12.6 Å². The maximum absolute atomic E-state index is 11.8. The van der Waals surface area contributed by atoms with Gasteiger partial charge in [0.1, 0.15) is 0 Å². The SMILES string of the molecule is CC(C)CNC(=O)C(C)NC1CCCC(C)C1. The predicted octanol–water partition coefficient (Wildman–Crippen LogP) is 2.32. The maximum atomic E-state index is 11.8. The summed E-state index contributed by atoms with van der Waals surface area (Å²) in [6, 6.07) is 0.461. The van der Waals surface area contributed by atoms with Crippen LogP contribution in [0.3, 0.4) is 0 Å². The third-order valence-electron chi connectivity index (χ3n) is 3.50. The summed E-state index contributed by atoms with van der Waals surface area (Å²) in [5, 5.41) is 6.44. The van der Waals surface area contributed by atoms with E-state index in [1.807, 2.05) is 6.92 Å². The van der Waals surface area contributed by atoms with Crippen molar-refractivity contribution in [1.29, 1.82) is 0 Å². The van der Waals surface area contributed by atoms with Crippen LogP contribution in [0.4, 0.5) is 0 Å². The third-order valence-corrected chi connectivity index (χ3v) is 3.50. The summed E-state index contributed by atoms with van der Waals surface area (Å²) in [6.07, 6.45) is 5.05. The Balaban J connectivity index is 2.27. The predicted molar refractivity (Wildman–Crippen MR) is 71.9 cm³/mol. The van der Waals surface area contributed by atoms with Crippen molar-refractivity contribution >= 4 is 5.91 Å². The molecule has 3 nitrogen and oxygen atoms in total. The van der Waals surface area contributed by atoms with E-state index in [0.717, 1.165) is 12.5 Å². The molecule has 2 N–H and O–H groups in total. The van der Waals surface area contributed by atoms with Gasteiger partial charge in [-0.2, -0.15) is 0 Å². The zero-order chi connectivity index (χ0) is 12.8. The van der Waals surface area contributed by atoms with Gasteiger partial charge in [-0.25, -0.2) is 0 Å². The largest absolute Gasteiger partial charge is 0.354 e. The lowest BCUT2D eigenvalue weighted by atomic mass is 9.87. The molecule has 0 heterocycles. The van der Waals surface area contributed by atoms with Gasteiger partial charge in [0.05, 0.1) is 6.04 Å². The fourth-order valence-electron chi connectivity index (χ4n) is 2.47. The average molecular weight is 240 g/mol. The Hall–Kier alpha value is -0.570. The molecular weight excluding hydrogens is 212 g/mol. The van der Waals surface area contributed by atoms with Gasteiger partial charge in [-0.3, -0.25) is 4.79 Å². The molecule has 0 aromatic heterocycles. The highest BCUT2D eigenvalue weighted by Crippen LogP contribution is 2.23. The van der Waals surface area contributed by atoms with Crippen LogP contribution in [-0.2, 0) is 4.79 Å². The van der Waals surface area contributed by atoms with Crippen molar-refractivity contribution in [2.45, 2.75) is 65.5 Å². The monoisotopic (exact) mass is 240 g/mol. The minimum atomic E-state index is -0.0657. The molecule has 0 radical (unpaired) electrons. The van der Waals surface area contributed by atoms with Gasteiger partial charge in [0.2, 0.25) is 5.91 Å². The van der Waals surface area contributed by atoms with Crippen molar-refractivity contribution in [3.05, 3.63) is 0 Å². The average Bonchev–Trinajstić information content (AvgIpc) is 2.25. The van der Waals surface area contributed by atoms with Crippen LogP contribution >= 0.6 is 0 Å². The molecular formula is C14H28N2O. The molecule has 17 heavy (non-hydrogen) atoms. The zero-order valence-corrected chi connectivity index (χ0v) is 11.8. The molecule has 1 aliphatic carbocycles. The van der Waals surface area contributed by atoms with Gasteiger partial charge in [0.25, 0.3) is 0 Å². The zero-order valence-electron chi connectivity index (χ0n) is 11.8. The summed E-state index contributed by atoms with van der Waals surface area (Å²) in [7, 11) is 0. The smallest absolute Gasteiger partial charge is 0.236 e. The van der Waals surface area contributed by atoms with Gasteiger partial charge < -0.3 is 10.6 Å². The fourth-order valence-corrected chi connectivity index (χ4v) is 2.47. The number of rotatable bonds is 5. The van der Waals surface area contributed by atoms with E-state index in [4.69, 9.17) is 0 Å². The highest BCUT2D eigenvalue weighted by molar-refractivity contribution is 5.81. The van der Waals surface area contributed by atoms with Crippen LogP contribution < -0.4 is 10.6 Å². The van der Waals surface area contributed by atoms with Crippen LogP contribution in [0.1, 0.15) is 53.4 Å². The van der Waals surface area contributed by atoms with Gasteiger partial charge in [-0.05, 0) is 31.6 Å². The highest BCUT2D eigenvalue weighted by Gasteiger charge is 2.22. The Kier molecular flexibility index (Phi) is 5.96. The number of amides is 1. The molecule has 3 atom stereocenters. The summed E-state index contributed by atoms with van der Waals surface area (Å²) >= 11 is 0. The van der Waals surface area contributed by atoms with Gasteiger partial charge >= 0.3 is 0 Å². The van der Waals surface area contributed by atoms with E-state index in [9.17, 15) is 4.79 Å². The molecule has 0 bridgehead atoms. The fraction of sp³-hybridized carbons (Fsp3) is 0.929. The number of hydrogen-bond acceptors (Lipinski definition) is 2. The topological polar surface area (TPSA) is 41.1 Å². The molecule has 3 unspecified atom stereocenters. The molecule has 1 rings (SSSR count). The Morgan fingerprint density at radius 1 is 1.29 bits per heavy atom. The van der Waals surface area contributed by atoms with Crippen molar-refractivity contribution < 1.29 is 4.79 Å². The molecule has 1 saturated carbocycles. The van der Waals surface area contributed by atoms with E-state index < -0.39 is 0 Å². The van der Waals surface area contributed by atoms with Crippen molar-refractivity contribution in [1.82, 2.24) is 10.6 Å². The maximum Gasteiger partial charge on any atom is 0.236 e. The molecule has 1 amide bonds. The summed E-state index contributed by atoms with van der Waals surface area (Å²) in [6.45, 7) is 9.26. The molecule has 0 aromatic rings. The van der Waals surface area contributed by atoms with E-state index >= 15 is 0 Å². The number of carbonyl (C=O) groups excluding carboxylic acids is 1. The second-order valence-corrected chi connectivity index (χ2v) is 6.00. The Morgan fingerprint density at radius 3 is 2.59 bits per heavy atom. The summed E-state index contributed by atoms with van der Waals surface area (Å²) in [4.78, 5) is 11.8. The first kappa shape index (κ1) is 14.5. The Bertz CT molecular complexity index is 240. The molecule has 1 aliphatic rings. The molecule has 0 saturated heterocycles. The van der Waals surface area contributed by atoms with Crippen molar-refractivity contribution in [2.24, 2.45) is 11.8 Å². The van der Waals surface area contributed by atoms with Crippen LogP contribution in [0.15, 0.2) is 0 Å². The van der Waals surface area contributed by atoms with E-state index in [2.05, 4.69) is 31.4 Å². The lowest BCUT2D eigenvalue weighted by Crippen LogP contribution is -2.48. The molecule has 1 fully saturated rings. The molecule has 3 heteroatoms.